The van der Waals surface area contributed by atoms with Crippen LogP contribution in [0.15, 0.2) is 22.0 Å². The van der Waals surface area contributed by atoms with E-state index >= 15 is 0 Å². The van der Waals surface area contributed by atoms with Gasteiger partial charge in [0.05, 0.1) is 0 Å². The number of nitrogen functional groups attached to an aromatic ring is 1. The molecule has 0 aliphatic carbocycles. The fraction of sp³-hybridized carbons (Fsp3) is 0. The number of hydrogen-bond donors (Lipinski definition) is 3. The van der Waals surface area contributed by atoms with Crippen molar-refractivity contribution in [1.29, 1.82) is 0 Å². The van der Waals surface area contributed by atoms with Gasteiger partial charge in [0.2, 0.25) is 0 Å². The first kappa shape index (κ1) is 9.98. The van der Waals surface area contributed by atoms with Crippen molar-refractivity contribution in [3.63, 3.8) is 0 Å². The van der Waals surface area contributed by atoms with E-state index < -0.39 is 7.12 Å². The summed E-state index contributed by atoms with van der Waals surface area (Å²) in [6.45, 7) is 0. The van der Waals surface area contributed by atoms with Gasteiger partial charge in [-0.2, -0.15) is 0 Å². The third-order valence-corrected chi connectivity index (χ3v) is 3.67. The van der Waals surface area contributed by atoms with Gasteiger partial charge < -0.3 is 15.8 Å². The van der Waals surface area contributed by atoms with Gasteiger partial charge in [0.1, 0.15) is 0 Å². The molecule has 6 heteroatoms. The van der Waals surface area contributed by atoms with Crippen LogP contribution in [0.1, 0.15) is 0 Å². The number of nitrogens with two attached hydrogens (primary N) is 1. The van der Waals surface area contributed by atoms with E-state index in [1.54, 1.807) is 11.4 Å². The quantitative estimate of drug-likeness (QED) is 0.676. The lowest BCUT2D eigenvalue weighted by Gasteiger charge is -2.05. The molecule has 72 valence electrons. The van der Waals surface area contributed by atoms with Crippen molar-refractivity contribution in [2.75, 3.05) is 5.73 Å². The Morgan fingerprint density at radius 1 is 1.36 bits per heavy atom. The second kappa shape index (κ2) is 3.54. The minimum Gasteiger partial charge on any atom is -0.423 e. The molecule has 3 nitrogen and oxygen atoms in total. The smallest absolute Gasteiger partial charge is 0.423 e. The van der Waals surface area contributed by atoms with Crippen LogP contribution in [0.4, 0.5) is 5.69 Å². The van der Waals surface area contributed by atoms with Gasteiger partial charge in [-0.05, 0) is 12.1 Å². The third-order valence-electron chi connectivity index (χ3n) is 2.01. The maximum Gasteiger partial charge on any atom is 0.490 e. The van der Waals surface area contributed by atoms with Crippen molar-refractivity contribution in [2.45, 2.75) is 0 Å². The SMILES string of the molecule is Nc1csc2ccc(Br)c(B(O)O)c12. The first-order chi connectivity index (χ1) is 6.61. The lowest BCUT2D eigenvalue weighted by Crippen LogP contribution is -2.31. The van der Waals surface area contributed by atoms with Gasteiger partial charge in [0.25, 0.3) is 0 Å². The zero-order valence-corrected chi connectivity index (χ0v) is 9.47. The molecule has 0 saturated heterocycles. The zero-order valence-electron chi connectivity index (χ0n) is 7.07. The van der Waals surface area contributed by atoms with Gasteiger partial charge in [-0.1, -0.05) is 15.9 Å². The number of fused-ring (bicyclic) bond motifs is 1. The molecule has 0 unspecified atom stereocenters. The Bertz CT molecular complexity index is 485. The first-order valence-electron chi connectivity index (χ1n) is 3.92. The Hall–Kier alpha value is -0.555. The molecule has 2 aromatic rings. The van der Waals surface area contributed by atoms with Gasteiger partial charge >= 0.3 is 7.12 Å². The summed E-state index contributed by atoms with van der Waals surface area (Å²) in [6, 6.07) is 3.68. The molecule has 0 bridgehead atoms. The van der Waals surface area contributed by atoms with E-state index in [9.17, 15) is 10.0 Å². The van der Waals surface area contributed by atoms with Crippen LogP contribution in [0.3, 0.4) is 0 Å². The Balaban J connectivity index is 2.87. The number of thiophene rings is 1. The molecule has 4 N–H and O–H groups in total. The van der Waals surface area contributed by atoms with E-state index in [0.29, 0.717) is 15.6 Å². The normalized spacial score (nSPS) is 10.8. The summed E-state index contributed by atoms with van der Waals surface area (Å²) in [5, 5.41) is 21.0. The van der Waals surface area contributed by atoms with Crippen molar-refractivity contribution >= 4 is 55.6 Å². The Kier molecular flexibility index (Phi) is 2.53. The molecule has 14 heavy (non-hydrogen) atoms. The average Bonchev–Trinajstić information content (AvgIpc) is 2.47. The van der Waals surface area contributed by atoms with E-state index in [4.69, 9.17) is 5.73 Å². The summed E-state index contributed by atoms with van der Waals surface area (Å²) in [4.78, 5) is 0. The molecule has 0 saturated carbocycles. The van der Waals surface area contributed by atoms with E-state index in [0.717, 1.165) is 10.1 Å². The van der Waals surface area contributed by atoms with Gasteiger partial charge in [-0.25, -0.2) is 0 Å². The predicted octanol–water partition coefficient (Wildman–Crippen LogP) is 0.926. The molecule has 0 amide bonds. The van der Waals surface area contributed by atoms with Crippen LogP contribution in [0, 0.1) is 0 Å². The van der Waals surface area contributed by atoms with E-state index in [2.05, 4.69) is 15.9 Å². The van der Waals surface area contributed by atoms with Crippen molar-refractivity contribution in [3.8, 4) is 0 Å². The highest BCUT2D eigenvalue weighted by Crippen LogP contribution is 2.28. The number of hydrogen-bond acceptors (Lipinski definition) is 4. The monoisotopic (exact) mass is 271 g/mol. The molecule has 1 aromatic carbocycles. The third kappa shape index (κ3) is 1.44. The summed E-state index contributed by atoms with van der Waals surface area (Å²) < 4.78 is 1.61. The maximum atomic E-state index is 9.22. The van der Waals surface area contributed by atoms with Crippen LogP contribution in [0.5, 0.6) is 0 Å². The number of halogens is 1. The predicted molar refractivity (Wildman–Crippen MR) is 63.8 cm³/mol. The van der Waals surface area contributed by atoms with Crippen LogP contribution >= 0.6 is 27.3 Å². The molecular weight excluding hydrogens is 265 g/mol. The van der Waals surface area contributed by atoms with Crippen molar-refractivity contribution in [1.82, 2.24) is 0 Å². The number of anilines is 1. The number of benzene rings is 1. The van der Waals surface area contributed by atoms with Crippen LogP contribution in [-0.4, -0.2) is 17.2 Å². The highest BCUT2D eigenvalue weighted by Gasteiger charge is 2.20. The van der Waals surface area contributed by atoms with Crippen molar-refractivity contribution in [3.05, 3.63) is 22.0 Å². The van der Waals surface area contributed by atoms with E-state index in [1.807, 2.05) is 6.07 Å². The van der Waals surface area contributed by atoms with Gasteiger partial charge in [-0.3, -0.25) is 0 Å². The lowest BCUT2D eigenvalue weighted by molar-refractivity contribution is 0.426. The molecule has 0 radical (unpaired) electrons. The van der Waals surface area contributed by atoms with E-state index in [1.165, 1.54) is 11.3 Å². The standard InChI is InChI=1S/C8H7BBrNO2S/c10-4-1-2-6-7(5(11)3-14-6)8(4)9(12)13/h1-3,12-13H,11H2. The zero-order chi connectivity index (χ0) is 10.3. The highest BCUT2D eigenvalue weighted by atomic mass is 79.9. The Morgan fingerprint density at radius 3 is 2.71 bits per heavy atom. The lowest BCUT2D eigenvalue weighted by atomic mass is 9.78. The second-order valence-electron chi connectivity index (χ2n) is 2.90. The summed E-state index contributed by atoms with van der Waals surface area (Å²) in [5.41, 5.74) is 6.76. The molecule has 0 fully saturated rings. The molecule has 0 aliphatic rings. The molecule has 1 aromatic heterocycles. The van der Waals surface area contributed by atoms with Gasteiger partial charge in [0, 0.05) is 31.1 Å². The molecule has 0 atom stereocenters. The van der Waals surface area contributed by atoms with Crippen molar-refractivity contribution in [2.24, 2.45) is 0 Å². The summed E-state index contributed by atoms with van der Waals surface area (Å²) in [7, 11) is -1.51. The molecular formula is C8H7BBrNO2S. The highest BCUT2D eigenvalue weighted by molar-refractivity contribution is 9.10. The van der Waals surface area contributed by atoms with Crippen LogP contribution in [0.2, 0.25) is 0 Å². The molecule has 2 rings (SSSR count). The summed E-state index contributed by atoms with van der Waals surface area (Å²) in [5.74, 6) is 0. The van der Waals surface area contributed by atoms with Gasteiger partial charge in [-0.15, -0.1) is 11.3 Å². The second-order valence-corrected chi connectivity index (χ2v) is 4.66. The Morgan fingerprint density at radius 2 is 2.07 bits per heavy atom. The molecule has 0 spiro atoms. The molecule has 0 aliphatic heterocycles. The summed E-state index contributed by atoms with van der Waals surface area (Å²) >= 11 is 4.75. The van der Waals surface area contributed by atoms with Crippen molar-refractivity contribution < 1.29 is 10.0 Å². The fourth-order valence-corrected chi connectivity index (χ4v) is 2.81. The maximum absolute atomic E-state index is 9.22. The minimum atomic E-state index is -1.51. The largest absolute Gasteiger partial charge is 0.490 e. The Labute approximate surface area is 93.4 Å². The van der Waals surface area contributed by atoms with Crippen LogP contribution in [0.25, 0.3) is 10.1 Å². The summed E-state index contributed by atoms with van der Waals surface area (Å²) in [6.07, 6.45) is 0. The fourth-order valence-electron chi connectivity index (χ4n) is 1.41. The van der Waals surface area contributed by atoms with Gasteiger partial charge in [0.15, 0.2) is 0 Å². The average molecular weight is 272 g/mol. The van der Waals surface area contributed by atoms with Crippen LogP contribution < -0.4 is 11.2 Å². The topological polar surface area (TPSA) is 66.5 Å². The first-order valence-corrected chi connectivity index (χ1v) is 5.59. The van der Waals surface area contributed by atoms with E-state index in [-0.39, 0.29) is 0 Å². The number of rotatable bonds is 1. The minimum absolute atomic E-state index is 0.432. The molecule has 1 heterocycles. The van der Waals surface area contributed by atoms with Crippen LogP contribution in [-0.2, 0) is 0 Å².